The van der Waals surface area contributed by atoms with Crippen molar-refractivity contribution in [1.29, 1.82) is 0 Å². The Hall–Kier alpha value is -3.23. The summed E-state index contributed by atoms with van der Waals surface area (Å²) in [6, 6.07) is 15.2. The Morgan fingerprint density at radius 3 is 2.73 bits per heavy atom. The summed E-state index contributed by atoms with van der Waals surface area (Å²) in [5.41, 5.74) is 4.27. The first-order valence-corrected chi connectivity index (χ1v) is 10.9. The number of rotatable bonds is 8. The van der Waals surface area contributed by atoms with Crippen molar-refractivity contribution in [2.24, 2.45) is 0 Å². The predicted molar refractivity (Wildman–Crippen MR) is 119 cm³/mol. The predicted octanol–water partition coefficient (Wildman–Crippen LogP) is 5.03. The van der Waals surface area contributed by atoms with Gasteiger partial charge >= 0.3 is 0 Å². The largest absolute Gasteiger partial charge is 0.493 e. The number of hydrogen-bond acceptors (Lipinski definition) is 7. The SMILES string of the molecule is COc1cc(C(=O)Nc2ncc(Cc3ccccc3)s2)ccc1OCc1cscn1. The molecule has 2 aromatic heterocycles. The number of carbonyl (C=O) groups excluding carboxylic acids is 1. The molecule has 8 heteroatoms. The molecule has 0 aliphatic carbocycles. The number of carbonyl (C=O) groups is 1. The lowest BCUT2D eigenvalue weighted by molar-refractivity contribution is 0.102. The second kappa shape index (κ2) is 9.51. The standard InChI is InChI=1S/C22H19N3O3S2/c1-27-20-10-16(7-8-19(20)28-12-17-13-29-14-24-17)21(26)25-22-23-11-18(30-22)9-15-5-3-2-4-6-15/h2-8,10-11,13-14H,9,12H2,1H3,(H,23,25,26). The Morgan fingerprint density at radius 2 is 1.97 bits per heavy atom. The molecule has 4 aromatic rings. The summed E-state index contributed by atoms with van der Waals surface area (Å²) in [5, 5.41) is 5.34. The number of hydrogen-bond donors (Lipinski definition) is 1. The molecule has 0 aliphatic heterocycles. The van der Waals surface area contributed by atoms with Crippen molar-refractivity contribution in [2.45, 2.75) is 13.0 Å². The van der Waals surface area contributed by atoms with Crippen LogP contribution >= 0.6 is 22.7 Å². The van der Waals surface area contributed by atoms with E-state index in [1.165, 1.54) is 28.2 Å². The number of aromatic nitrogens is 2. The van der Waals surface area contributed by atoms with Crippen LogP contribution < -0.4 is 14.8 Å². The Labute approximate surface area is 182 Å². The van der Waals surface area contributed by atoms with Gasteiger partial charge in [0.2, 0.25) is 0 Å². The number of nitrogens with one attached hydrogen (secondary N) is 1. The number of nitrogens with zero attached hydrogens (tertiary/aromatic N) is 2. The van der Waals surface area contributed by atoms with Crippen LogP contribution in [0.3, 0.4) is 0 Å². The molecule has 30 heavy (non-hydrogen) atoms. The van der Waals surface area contributed by atoms with Crippen LogP contribution in [0.1, 0.15) is 26.5 Å². The maximum absolute atomic E-state index is 12.7. The van der Waals surface area contributed by atoms with Gasteiger partial charge in [-0.25, -0.2) is 9.97 Å². The minimum absolute atomic E-state index is 0.250. The minimum Gasteiger partial charge on any atom is -0.493 e. The van der Waals surface area contributed by atoms with Crippen LogP contribution in [0.15, 0.2) is 65.6 Å². The molecular weight excluding hydrogens is 418 g/mol. The fourth-order valence-corrected chi connectivity index (χ4v) is 4.19. The molecule has 0 fully saturated rings. The molecular formula is C22H19N3O3S2. The molecule has 6 nitrogen and oxygen atoms in total. The number of anilines is 1. The van der Waals surface area contributed by atoms with Crippen LogP contribution in [-0.4, -0.2) is 23.0 Å². The van der Waals surface area contributed by atoms with Gasteiger partial charge in [0.25, 0.3) is 5.91 Å². The molecule has 0 spiro atoms. The first-order chi connectivity index (χ1) is 14.7. The summed E-state index contributed by atoms with van der Waals surface area (Å²) >= 11 is 2.98. The molecule has 0 bridgehead atoms. The molecule has 2 aromatic carbocycles. The van der Waals surface area contributed by atoms with Gasteiger partial charge in [-0.1, -0.05) is 30.3 Å². The maximum Gasteiger partial charge on any atom is 0.257 e. The summed E-state index contributed by atoms with van der Waals surface area (Å²) in [6.07, 6.45) is 2.58. The van der Waals surface area contributed by atoms with Crippen LogP contribution in [0.5, 0.6) is 11.5 Å². The van der Waals surface area contributed by atoms with Gasteiger partial charge in [0.1, 0.15) is 6.61 Å². The zero-order valence-corrected chi connectivity index (χ0v) is 17.8. The van der Waals surface area contributed by atoms with E-state index in [0.717, 1.165) is 17.0 Å². The molecule has 0 saturated carbocycles. The van der Waals surface area contributed by atoms with Crippen molar-refractivity contribution in [2.75, 3.05) is 12.4 Å². The highest BCUT2D eigenvalue weighted by molar-refractivity contribution is 7.15. The monoisotopic (exact) mass is 437 g/mol. The molecule has 1 amide bonds. The van der Waals surface area contributed by atoms with Gasteiger partial charge in [-0.2, -0.15) is 0 Å². The van der Waals surface area contributed by atoms with Crippen molar-refractivity contribution in [3.05, 3.63) is 87.3 Å². The summed E-state index contributed by atoms with van der Waals surface area (Å²) < 4.78 is 11.2. The highest BCUT2D eigenvalue weighted by Gasteiger charge is 2.14. The Bertz CT molecular complexity index is 1110. The van der Waals surface area contributed by atoms with Gasteiger partial charge in [0.15, 0.2) is 16.6 Å². The number of amides is 1. The summed E-state index contributed by atoms with van der Waals surface area (Å²) in [4.78, 5) is 22.3. The van der Waals surface area contributed by atoms with Gasteiger partial charge in [-0.3, -0.25) is 10.1 Å². The smallest absolute Gasteiger partial charge is 0.257 e. The van der Waals surface area contributed by atoms with E-state index in [4.69, 9.17) is 9.47 Å². The number of methoxy groups -OCH3 is 1. The van der Waals surface area contributed by atoms with Crippen molar-refractivity contribution in [3.63, 3.8) is 0 Å². The van der Waals surface area contributed by atoms with E-state index in [0.29, 0.717) is 28.8 Å². The Kier molecular flexibility index (Phi) is 6.36. The number of benzene rings is 2. The van der Waals surface area contributed by atoms with Gasteiger partial charge in [-0.05, 0) is 23.8 Å². The van der Waals surface area contributed by atoms with Crippen LogP contribution in [0.25, 0.3) is 0 Å². The molecule has 1 N–H and O–H groups in total. The van der Waals surface area contributed by atoms with Gasteiger partial charge in [0.05, 0.1) is 18.3 Å². The molecule has 0 radical (unpaired) electrons. The van der Waals surface area contributed by atoms with Crippen molar-refractivity contribution >= 4 is 33.7 Å². The molecule has 4 rings (SSSR count). The third-order valence-electron chi connectivity index (χ3n) is 4.28. The summed E-state index contributed by atoms with van der Waals surface area (Å²) in [6.45, 7) is 0.342. The van der Waals surface area contributed by atoms with Gasteiger partial charge in [-0.15, -0.1) is 22.7 Å². The first kappa shape index (κ1) is 20.1. The van der Waals surface area contributed by atoms with E-state index in [-0.39, 0.29) is 5.91 Å². The second-order valence-corrected chi connectivity index (χ2v) is 8.22. The zero-order valence-electron chi connectivity index (χ0n) is 16.2. The lowest BCUT2D eigenvalue weighted by Crippen LogP contribution is -2.12. The second-order valence-electron chi connectivity index (χ2n) is 6.38. The van der Waals surface area contributed by atoms with E-state index in [1.54, 1.807) is 37.0 Å². The Balaban J connectivity index is 1.40. The summed E-state index contributed by atoms with van der Waals surface area (Å²) in [7, 11) is 1.55. The lowest BCUT2D eigenvalue weighted by Gasteiger charge is -2.11. The van der Waals surface area contributed by atoms with E-state index in [2.05, 4.69) is 27.4 Å². The fraction of sp³-hybridized carbons (Fsp3) is 0.136. The lowest BCUT2D eigenvalue weighted by atomic mass is 10.1. The molecule has 152 valence electrons. The number of thiazole rings is 2. The summed E-state index contributed by atoms with van der Waals surface area (Å²) in [5.74, 6) is 0.795. The van der Waals surface area contributed by atoms with E-state index < -0.39 is 0 Å². The quantitative estimate of drug-likeness (QED) is 0.418. The highest BCUT2D eigenvalue weighted by Crippen LogP contribution is 2.29. The third kappa shape index (κ3) is 5.03. The minimum atomic E-state index is -0.250. The molecule has 0 aliphatic rings. The van der Waals surface area contributed by atoms with Gasteiger partial charge in [0, 0.05) is 28.4 Å². The third-order valence-corrected chi connectivity index (χ3v) is 5.83. The molecule has 0 atom stereocenters. The normalized spacial score (nSPS) is 10.6. The van der Waals surface area contributed by atoms with Crippen LogP contribution in [0.4, 0.5) is 5.13 Å². The highest BCUT2D eigenvalue weighted by atomic mass is 32.1. The van der Waals surface area contributed by atoms with Crippen LogP contribution in [0, 0.1) is 0 Å². The fourth-order valence-electron chi connectivity index (χ4n) is 2.80. The average molecular weight is 438 g/mol. The van der Waals surface area contributed by atoms with Crippen molar-refractivity contribution < 1.29 is 14.3 Å². The molecule has 0 saturated heterocycles. The van der Waals surface area contributed by atoms with E-state index in [9.17, 15) is 4.79 Å². The maximum atomic E-state index is 12.7. The average Bonchev–Trinajstić information content (AvgIpc) is 3.45. The van der Waals surface area contributed by atoms with Crippen molar-refractivity contribution in [3.8, 4) is 11.5 Å². The van der Waals surface area contributed by atoms with E-state index >= 15 is 0 Å². The number of ether oxygens (including phenoxy) is 2. The zero-order chi connectivity index (χ0) is 20.8. The van der Waals surface area contributed by atoms with Crippen LogP contribution in [0.2, 0.25) is 0 Å². The van der Waals surface area contributed by atoms with Crippen molar-refractivity contribution in [1.82, 2.24) is 9.97 Å². The first-order valence-electron chi connectivity index (χ1n) is 9.19. The van der Waals surface area contributed by atoms with E-state index in [1.807, 2.05) is 23.6 Å². The molecule has 2 heterocycles. The van der Waals surface area contributed by atoms with Crippen LogP contribution in [-0.2, 0) is 13.0 Å². The van der Waals surface area contributed by atoms with Gasteiger partial charge < -0.3 is 9.47 Å². The Morgan fingerprint density at radius 1 is 1.10 bits per heavy atom. The molecule has 0 unspecified atom stereocenters. The topological polar surface area (TPSA) is 73.3 Å².